The molecule has 5 heteroatoms. The van der Waals surface area contributed by atoms with Crippen molar-refractivity contribution in [2.24, 2.45) is 11.8 Å². The first-order chi connectivity index (χ1) is 12.5. The molecule has 1 aliphatic carbocycles. The molecule has 2 aliphatic heterocycles. The zero-order valence-corrected chi connectivity index (χ0v) is 16.7. The van der Waals surface area contributed by atoms with Crippen LogP contribution in [0.4, 0.5) is 4.79 Å². The fourth-order valence-electron chi connectivity index (χ4n) is 4.73. The lowest BCUT2D eigenvalue weighted by Crippen LogP contribution is -2.57. The molecule has 3 rings (SSSR count). The van der Waals surface area contributed by atoms with Crippen molar-refractivity contribution in [1.29, 1.82) is 0 Å². The van der Waals surface area contributed by atoms with Crippen molar-refractivity contribution in [2.75, 3.05) is 32.7 Å². The topological polar surface area (TPSA) is 43.9 Å². The molecule has 1 atom stereocenters. The molecule has 0 aromatic heterocycles. The molecular weight excluding hydrogens is 326 g/mol. The number of carbonyl (C=O) groups is 2. The molecule has 0 bridgehead atoms. The molecule has 3 amide bonds. The van der Waals surface area contributed by atoms with Crippen molar-refractivity contribution >= 4 is 11.9 Å². The van der Waals surface area contributed by atoms with Gasteiger partial charge in [0.05, 0.1) is 0 Å². The van der Waals surface area contributed by atoms with Crippen LogP contribution < -0.4 is 0 Å². The van der Waals surface area contributed by atoms with Crippen molar-refractivity contribution in [3.05, 3.63) is 12.2 Å². The van der Waals surface area contributed by atoms with Crippen molar-refractivity contribution in [3.63, 3.8) is 0 Å². The van der Waals surface area contributed by atoms with Gasteiger partial charge in [-0.05, 0) is 57.3 Å². The van der Waals surface area contributed by atoms with Gasteiger partial charge in [-0.15, -0.1) is 0 Å². The highest BCUT2D eigenvalue weighted by Crippen LogP contribution is 2.38. The molecule has 1 spiro atoms. The molecule has 146 valence electrons. The summed E-state index contributed by atoms with van der Waals surface area (Å²) in [5.74, 6) is 1.33. The third-order valence-corrected chi connectivity index (χ3v) is 6.45. The van der Waals surface area contributed by atoms with Crippen LogP contribution in [0.25, 0.3) is 0 Å². The van der Waals surface area contributed by atoms with Crippen LogP contribution in [0.15, 0.2) is 12.2 Å². The largest absolute Gasteiger partial charge is 0.327 e. The van der Waals surface area contributed by atoms with Crippen LogP contribution in [-0.2, 0) is 4.79 Å². The second-order valence-corrected chi connectivity index (χ2v) is 8.65. The van der Waals surface area contributed by atoms with E-state index in [4.69, 9.17) is 0 Å². The molecule has 0 aromatic rings. The fraction of sp³-hybridized carbons (Fsp3) is 0.810. The van der Waals surface area contributed by atoms with Crippen LogP contribution in [0.1, 0.15) is 59.3 Å². The number of carbonyl (C=O) groups excluding carboxylic acids is 2. The van der Waals surface area contributed by atoms with E-state index in [2.05, 4.69) is 30.9 Å². The maximum atomic E-state index is 13.1. The maximum Gasteiger partial charge on any atom is 0.327 e. The number of allylic oxidation sites excluding steroid dienone is 2. The van der Waals surface area contributed by atoms with E-state index in [9.17, 15) is 9.59 Å². The van der Waals surface area contributed by atoms with E-state index >= 15 is 0 Å². The number of hydrogen-bond donors (Lipinski definition) is 0. The van der Waals surface area contributed by atoms with Crippen LogP contribution in [0, 0.1) is 11.8 Å². The molecule has 0 aromatic carbocycles. The van der Waals surface area contributed by atoms with Crippen LogP contribution in [-0.4, -0.2) is 64.9 Å². The summed E-state index contributed by atoms with van der Waals surface area (Å²) in [5.41, 5.74) is -0.578. The molecule has 0 saturated carbocycles. The number of nitrogens with zero attached hydrogens (tertiary/aromatic N) is 3. The summed E-state index contributed by atoms with van der Waals surface area (Å²) >= 11 is 0. The van der Waals surface area contributed by atoms with Gasteiger partial charge in [-0.2, -0.15) is 0 Å². The Balaban J connectivity index is 1.67. The second kappa shape index (κ2) is 8.12. The summed E-state index contributed by atoms with van der Waals surface area (Å²) in [5, 5.41) is 0. The lowest BCUT2D eigenvalue weighted by atomic mass is 9.84. The summed E-state index contributed by atoms with van der Waals surface area (Å²) < 4.78 is 0. The van der Waals surface area contributed by atoms with E-state index in [1.165, 1.54) is 24.2 Å². The van der Waals surface area contributed by atoms with E-state index in [0.717, 1.165) is 44.8 Å². The van der Waals surface area contributed by atoms with Crippen molar-refractivity contribution in [1.82, 2.24) is 14.7 Å². The van der Waals surface area contributed by atoms with Crippen molar-refractivity contribution < 1.29 is 9.59 Å². The monoisotopic (exact) mass is 361 g/mol. The first-order valence-electron chi connectivity index (χ1n) is 10.5. The average Bonchev–Trinajstić information content (AvgIpc) is 2.82. The molecule has 26 heavy (non-hydrogen) atoms. The minimum atomic E-state index is -0.578. The number of piperidine rings is 1. The average molecular weight is 362 g/mol. The van der Waals surface area contributed by atoms with E-state index in [-0.39, 0.29) is 11.9 Å². The summed E-state index contributed by atoms with van der Waals surface area (Å²) in [6, 6.07) is -0.0657. The molecule has 5 nitrogen and oxygen atoms in total. The third-order valence-electron chi connectivity index (χ3n) is 6.45. The smallest absolute Gasteiger partial charge is 0.309 e. The molecule has 3 aliphatic rings. The Bertz CT molecular complexity index is 549. The number of urea groups is 1. The highest BCUT2D eigenvalue weighted by atomic mass is 16.2. The van der Waals surface area contributed by atoms with E-state index in [1.54, 1.807) is 0 Å². The van der Waals surface area contributed by atoms with Gasteiger partial charge < -0.3 is 9.80 Å². The van der Waals surface area contributed by atoms with Crippen LogP contribution >= 0.6 is 0 Å². The van der Waals surface area contributed by atoms with Gasteiger partial charge in [0.2, 0.25) is 0 Å². The zero-order valence-electron chi connectivity index (χ0n) is 16.7. The van der Waals surface area contributed by atoms with Gasteiger partial charge in [-0.25, -0.2) is 4.79 Å². The third kappa shape index (κ3) is 3.68. The van der Waals surface area contributed by atoms with Gasteiger partial charge in [-0.3, -0.25) is 9.69 Å². The number of hydrogen-bond acceptors (Lipinski definition) is 3. The summed E-state index contributed by atoms with van der Waals surface area (Å²) in [4.78, 5) is 31.9. The van der Waals surface area contributed by atoms with Crippen molar-refractivity contribution in [2.45, 2.75) is 64.8 Å². The van der Waals surface area contributed by atoms with Crippen LogP contribution in [0.5, 0.6) is 0 Å². The summed E-state index contributed by atoms with van der Waals surface area (Å²) in [7, 11) is 0. The van der Waals surface area contributed by atoms with Crippen LogP contribution in [0.3, 0.4) is 0 Å². The molecule has 2 heterocycles. The molecule has 2 fully saturated rings. The fourth-order valence-corrected chi connectivity index (χ4v) is 4.73. The highest BCUT2D eigenvalue weighted by molar-refractivity contribution is 6.07. The molecule has 0 unspecified atom stereocenters. The van der Waals surface area contributed by atoms with Gasteiger partial charge in [0.25, 0.3) is 5.91 Å². The number of rotatable bonds is 6. The number of amides is 3. The molecular formula is C21H35N3O2. The van der Waals surface area contributed by atoms with E-state index in [1.807, 2.05) is 11.8 Å². The lowest BCUT2D eigenvalue weighted by molar-refractivity contribution is -0.135. The Hall–Kier alpha value is -1.36. The maximum absolute atomic E-state index is 13.1. The molecule has 2 saturated heterocycles. The standard InChI is InChI=1S/C21H35N3O2/c1-4-23-19(25)21(24(20(23)26)13-10-17(2)3)11-14-22(15-12-21)16-18-8-6-5-7-9-18/h5-6,17-18H,4,7-16H2,1-3H3/t18-/m0/s1. The lowest BCUT2D eigenvalue weighted by Gasteiger charge is -2.43. The summed E-state index contributed by atoms with van der Waals surface area (Å²) in [6.45, 7) is 10.4. The first kappa shape index (κ1) is 19.4. The van der Waals surface area contributed by atoms with Crippen molar-refractivity contribution in [3.8, 4) is 0 Å². The van der Waals surface area contributed by atoms with E-state index < -0.39 is 5.54 Å². The summed E-state index contributed by atoms with van der Waals surface area (Å²) in [6.07, 6.45) is 10.8. The highest BCUT2D eigenvalue weighted by Gasteiger charge is 2.57. The molecule has 0 radical (unpaired) electrons. The SMILES string of the molecule is CCN1C(=O)N(CCC(C)C)C2(CCN(C[C@H]3CC=CCC3)CC2)C1=O. The van der Waals surface area contributed by atoms with Gasteiger partial charge in [0.15, 0.2) is 0 Å². The quantitative estimate of drug-likeness (QED) is 0.537. The predicted molar refractivity (Wildman–Crippen MR) is 104 cm³/mol. The molecule has 0 N–H and O–H groups in total. The Kier molecular flexibility index (Phi) is 6.06. The Morgan fingerprint density at radius 2 is 1.92 bits per heavy atom. The van der Waals surface area contributed by atoms with E-state index in [0.29, 0.717) is 19.0 Å². The normalized spacial score (nSPS) is 26.5. The van der Waals surface area contributed by atoms with Gasteiger partial charge in [0, 0.05) is 32.7 Å². The van der Waals surface area contributed by atoms with Gasteiger partial charge >= 0.3 is 6.03 Å². The minimum absolute atomic E-state index is 0.0500. The first-order valence-corrected chi connectivity index (χ1v) is 10.5. The number of likely N-dealkylation sites (tertiary alicyclic amines) is 1. The predicted octanol–water partition coefficient (Wildman–Crippen LogP) is 3.51. The van der Waals surface area contributed by atoms with Gasteiger partial charge in [-0.1, -0.05) is 26.0 Å². The Morgan fingerprint density at radius 3 is 2.50 bits per heavy atom. The number of likely N-dealkylation sites (N-methyl/N-ethyl adjacent to an activating group) is 1. The number of imide groups is 1. The minimum Gasteiger partial charge on any atom is -0.309 e. The van der Waals surface area contributed by atoms with Gasteiger partial charge in [0.1, 0.15) is 5.54 Å². The second-order valence-electron chi connectivity index (χ2n) is 8.65. The Labute approximate surface area is 158 Å². The Morgan fingerprint density at radius 1 is 1.19 bits per heavy atom. The zero-order chi connectivity index (χ0) is 18.7. The van der Waals surface area contributed by atoms with Crippen LogP contribution in [0.2, 0.25) is 0 Å².